The van der Waals surface area contributed by atoms with E-state index in [1.54, 1.807) is 6.07 Å². The molecule has 0 heterocycles. The fourth-order valence-electron chi connectivity index (χ4n) is 1.10. The van der Waals surface area contributed by atoms with Gasteiger partial charge in [0.2, 0.25) is 5.91 Å². The van der Waals surface area contributed by atoms with Crippen molar-refractivity contribution >= 4 is 17.6 Å². The molecule has 0 aliphatic rings. The number of halogens is 1. The monoisotopic (exact) mass is 252 g/mol. The Labute approximate surface area is 102 Å². The van der Waals surface area contributed by atoms with Crippen molar-refractivity contribution in [1.29, 1.82) is 5.26 Å². The zero-order valence-electron chi connectivity index (χ0n) is 9.14. The van der Waals surface area contributed by atoms with Crippen LogP contribution in [0.5, 0.6) is 0 Å². The Morgan fingerprint density at radius 2 is 2.17 bits per heavy atom. The summed E-state index contributed by atoms with van der Waals surface area (Å²) >= 11 is 0. The fraction of sp³-hybridized carbons (Fsp3) is 0.182. The van der Waals surface area contributed by atoms with Crippen LogP contribution in [0, 0.1) is 17.1 Å². The minimum Gasteiger partial charge on any atom is -0.480 e. The minimum absolute atomic E-state index is 0.0991. The summed E-state index contributed by atoms with van der Waals surface area (Å²) in [5.74, 6) is -2.63. The number of amides is 1. The first-order valence-corrected chi connectivity index (χ1v) is 4.82. The second kappa shape index (κ2) is 6.32. The molecule has 94 valence electrons. The number of carboxylic acids is 1. The van der Waals surface area contributed by atoms with Crippen molar-refractivity contribution in [1.82, 2.24) is 0 Å². The lowest BCUT2D eigenvalue weighted by Crippen LogP contribution is -2.21. The number of nitrogens with one attached hydrogen (secondary N) is 1. The van der Waals surface area contributed by atoms with E-state index < -0.39 is 30.9 Å². The van der Waals surface area contributed by atoms with E-state index in [9.17, 15) is 14.0 Å². The number of nitrogens with zero attached hydrogens (tertiary/aromatic N) is 1. The number of anilines is 1. The van der Waals surface area contributed by atoms with Gasteiger partial charge in [-0.1, -0.05) is 0 Å². The zero-order valence-corrected chi connectivity index (χ0v) is 9.14. The molecule has 0 aliphatic carbocycles. The molecule has 18 heavy (non-hydrogen) atoms. The topological polar surface area (TPSA) is 99.4 Å². The van der Waals surface area contributed by atoms with Gasteiger partial charge in [0.05, 0.1) is 17.3 Å². The number of ether oxygens (including phenoxy) is 1. The molecule has 0 fully saturated rings. The molecule has 1 amide bonds. The molecule has 0 unspecified atom stereocenters. The standard InChI is InChI=1S/C11H9FN2O4/c12-8-3-7(4-13)1-2-9(8)14-10(15)5-18-6-11(16)17/h1-3H,5-6H2,(H,14,15)(H,16,17). The van der Waals surface area contributed by atoms with Gasteiger partial charge in [-0.05, 0) is 18.2 Å². The maximum Gasteiger partial charge on any atom is 0.329 e. The fourth-order valence-corrected chi connectivity index (χ4v) is 1.10. The Morgan fingerprint density at radius 3 is 2.72 bits per heavy atom. The maximum absolute atomic E-state index is 13.3. The molecule has 2 N–H and O–H groups in total. The first-order chi connectivity index (χ1) is 8.52. The lowest BCUT2D eigenvalue weighted by atomic mass is 10.2. The van der Waals surface area contributed by atoms with E-state index in [1.165, 1.54) is 12.1 Å². The molecule has 0 radical (unpaired) electrons. The lowest BCUT2D eigenvalue weighted by molar-refractivity contribution is -0.143. The van der Waals surface area contributed by atoms with E-state index in [0.717, 1.165) is 6.07 Å². The summed E-state index contributed by atoms with van der Waals surface area (Å²) in [5, 5.41) is 19.0. The second-order valence-corrected chi connectivity index (χ2v) is 3.24. The number of hydrogen-bond donors (Lipinski definition) is 2. The second-order valence-electron chi connectivity index (χ2n) is 3.24. The van der Waals surface area contributed by atoms with Crippen LogP contribution in [0.15, 0.2) is 18.2 Å². The van der Waals surface area contributed by atoms with Crippen LogP contribution in [-0.4, -0.2) is 30.2 Å². The molecule has 7 heteroatoms. The Morgan fingerprint density at radius 1 is 1.44 bits per heavy atom. The van der Waals surface area contributed by atoms with Crippen molar-refractivity contribution in [3.8, 4) is 6.07 Å². The van der Waals surface area contributed by atoms with Crippen LogP contribution in [0.25, 0.3) is 0 Å². The number of carbonyl (C=O) groups is 2. The van der Waals surface area contributed by atoms with Crippen LogP contribution in [0.3, 0.4) is 0 Å². The molecular formula is C11H9FN2O4. The largest absolute Gasteiger partial charge is 0.480 e. The van der Waals surface area contributed by atoms with Crippen LogP contribution in [0.1, 0.15) is 5.56 Å². The van der Waals surface area contributed by atoms with Gasteiger partial charge in [0, 0.05) is 0 Å². The highest BCUT2D eigenvalue weighted by atomic mass is 19.1. The quantitative estimate of drug-likeness (QED) is 0.805. The third-order valence-electron chi connectivity index (χ3n) is 1.83. The average molecular weight is 252 g/mol. The van der Waals surface area contributed by atoms with Gasteiger partial charge in [-0.25, -0.2) is 9.18 Å². The number of hydrogen-bond acceptors (Lipinski definition) is 4. The lowest BCUT2D eigenvalue weighted by Gasteiger charge is -2.06. The van der Waals surface area contributed by atoms with E-state index in [1.807, 2.05) is 0 Å². The normalized spacial score (nSPS) is 9.56. The summed E-state index contributed by atoms with van der Waals surface area (Å²) in [5.41, 5.74) is 0.0329. The molecule has 1 aromatic carbocycles. The molecule has 0 aliphatic heterocycles. The Bertz CT molecular complexity index is 510. The third kappa shape index (κ3) is 4.19. The van der Waals surface area contributed by atoms with Crippen LogP contribution in [0.2, 0.25) is 0 Å². The molecule has 0 bridgehead atoms. The zero-order chi connectivity index (χ0) is 13.5. The number of aliphatic carboxylic acids is 1. The third-order valence-corrected chi connectivity index (χ3v) is 1.83. The van der Waals surface area contributed by atoms with Crippen molar-refractivity contribution in [2.45, 2.75) is 0 Å². The van der Waals surface area contributed by atoms with E-state index in [0.29, 0.717) is 0 Å². The summed E-state index contributed by atoms with van der Waals surface area (Å²) < 4.78 is 17.9. The summed E-state index contributed by atoms with van der Waals surface area (Å²) in [6.45, 7) is -1.10. The van der Waals surface area contributed by atoms with Crippen LogP contribution in [0.4, 0.5) is 10.1 Å². The highest BCUT2D eigenvalue weighted by Gasteiger charge is 2.08. The van der Waals surface area contributed by atoms with Gasteiger partial charge in [0.1, 0.15) is 19.0 Å². The van der Waals surface area contributed by atoms with Crippen molar-refractivity contribution in [2.75, 3.05) is 18.5 Å². The smallest absolute Gasteiger partial charge is 0.329 e. The number of carboxylic acid groups (broad SMARTS) is 1. The van der Waals surface area contributed by atoms with E-state index in [-0.39, 0.29) is 11.3 Å². The molecule has 0 saturated carbocycles. The molecule has 1 rings (SSSR count). The summed E-state index contributed by atoms with van der Waals surface area (Å²) in [6.07, 6.45) is 0. The van der Waals surface area contributed by atoms with Gasteiger partial charge < -0.3 is 15.2 Å². The van der Waals surface area contributed by atoms with Gasteiger partial charge >= 0.3 is 5.97 Å². The molecule has 6 nitrogen and oxygen atoms in total. The number of rotatable bonds is 5. The number of benzene rings is 1. The SMILES string of the molecule is N#Cc1ccc(NC(=O)COCC(=O)O)c(F)c1. The summed E-state index contributed by atoms with van der Waals surface area (Å²) in [6, 6.07) is 5.32. The van der Waals surface area contributed by atoms with Crippen molar-refractivity contribution < 1.29 is 23.8 Å². The molecular weight excluding hydrogens is 243 g/mol. The first-order valence-electron chi connectivity index (χ1n) is 4.82. The minimum atomic E-state index is -1.20. The van der Waals surface area contributed by atoms with Gasteiger partial charge in [0.15, 0.2) is 0 Å². The van der Waals surface area contributed by atoms with Gasteiger partial charge in [-0.3, -0.25) is 4.79 Å². The summed E-state index contributed by atoms with van der Waals surface area (Å²) in [4.78, 5) is 21.4. The highest BCUT2D eigenvalue weighted by Crippen LogP contribution is 2.15. The average Bonchev–Trinajstić information content (AvgIpc) is 2.31. The Hall–Kier alpha value is -2.46. The van der Waals surface area contributed by atoms with E-state index in [4.69, 9.17) is 10.4 Å². The van der Waals surface area contributed by atoms with Crippen LogP contribution >= 0.6 is 0 Å². The molecule has 0 atom stereocenters. The maximum atomic E-state index is 13.3. The van der Waals surface area contributed by atoms with Crippen molar-refractivity contribution in [3.05, 3.63) is 29.6 Å². The predicted molar refractivity (Wildman–Crippen MR) is 58.2 cm³/mol. The van der Waals surface area contributed by atoms with Crippen molar-refractivity contribution in [2.24, 2.45) is 0 Å². The van der Waals surface area contributed by atoms with Gasteiger partial charge in [0.25, 0.3) is 0 Å². The molecule has 0 saturated heterocycles. The van der Waals surface area contributed by atoms with E-state index in [2.05, 4.69) is 10.1 Å². The highest BCUT2D eigenvalue weighted by molar-refractivity contribution is 5.92. The first kappa shape index (κ1) is 13.6. The van der Waals surface area contributed by atoms with Crippen LogP contribution in [-0.2, 0) is 14.3 Å². The van der Waals surface area contributed by atoms with Gasteiger partial charge in [-0.2, -0.15) is 5.26 Å². The van der Waals surface area contributed by atoms with Gasteiger partial charge in [-0.15, -0.1) is 0 Å². The molecule has 0 spiro atoms. The summed E-state index contributed by atoms with van der Waals surface area (Å²) in [7, 11) is 0. The molecule has 1 aromatic rings. The van der Waals surface area contributed by atoms with E-state index >= 15 is 0 Å². The Balaban J connectivity index is 2.54. The van der Waals surface area contributed by atoms with Crippen LogP contribution < -0.4 is 5.32 Å². The van der Waals surface area contributed by atoms with Crippen molar-refractivity contribution in [3.63, 3.8) is 0 Å². The Kier molecular flexibility index (Phi) is 4.78. The predicted octanol–water partition coefficient (Wildman–Crippen LogP) is 0.737. The number of nitriles is 1. The molecule has 0 aromatic heterocycles. The number of carbonyl (C=O) groups excluding carboxylic acids is 1.